The van der Waals surface area contributed by atoms with Crippen LogP contribution in [-0.4, -0.2) is 28.5 Å². The summed E-state index contributed by atoms with van der Waals surface area (Å²) in [6.45, 7) is 0.311. The average Bonchev–Trinajstić information content (AvgIpc) is 2.98. The number of imidazole rings is 1. The Morgan fingerprint density at radius 2 is 2.08 bits per heavy atom. The topological polar surface area (TPSA) is 90.9 Å². The van der Waals surface area contributed by atoms with E-state index in [-0.39, 0.29) is 11.6 Å². The van der Waals surface area contributed by atoms with Gasteiger partial charge in [-0.25, -0.2) is 0 Å². The molecule has 8 heteroatoms. The molecule has 0 saturated heterocycles. The third-order valence-corrected chi connectivity index (χ3v) is 3.61. The van der Waals surface area contributed by atoms with Gasteiger partial charge in [-0.15, -0.1) is 0 Å². The Morgan fingerprint density at radius 3 is 2.79 bits per heavy atom. The molecule has 0 atom stereocenters. The fourth-order valence-corrected chi connectivity index (χ4v) is 2.47. The van der Waals surface area contributed by atoms with E-state index in [1.165, 1.54) is 4.40 Å². The van der Waals surface area contributed by atoms with Crippen LogP contribution in [0.2, 0.25) is 0 Å². The van der Waals surface area contributed by atoms with Crippen molar-refractivity contribution in [2.24, 2.45) is 0 Å². The van der Waals surface area contributed by atoms with Gasteiger partial charge in [-0.2, -0.15) is 9.38 Å². The third-order valence-electron chi connectivity index (χ3n) is 3.61. The van der Waals surface area contributed by atoms with E-state index >= 15 is 0 Å². The van der Waals surface area contributed by atoms with Crippen LogP contribution in [0.4, 0.5) is 11.6 Å². The lowest BCUT2D eigenvalue weighted by molar-refractivity contribution is -0.389. The van der Waals surface area contributed by atoms with Gasteiger partial charge < -0.3 is 24.9 Å². The van der Waals surface area contributed by atoms with E-state index in [9.17, 15) is 10.1 Å². The second-order valence-electron chi connectivity index (χ2n) is 5.00. The number of nitro groups is 1. The second kappa shape index (κ2) is 6.45. The maximum absolute atomic E-state index is 11.4. The fraction of sp³-hybridized carbons (Fsp3) is 0.188. The Bertz CT molecular complexity index is 891. The number of fused-ring (bicyclic) bond motifs is 1. The molecule has 0 radical (unpaired) electrons. The van der Waals surface area contributed by atoms with Crippen molar-refractivity contribution in [1.82, 2.24) is 9.38 Å². The Balaban J connectivity index is 1.94. The van der Waals surface area contributed by atoms with Crippen molar-refractivity contribution >= 4 is 17.3 Å². The minimum Gasteiger partial charge on any atom is -0.497 e. The Labute approximate surface area is 137 Å². The summed E-state index contributed by atoms with van der Waals surface area (Å²) in [5.74, 6) is 1.44. The summed E-state index contributed by atoms with van der Waals surface area (Å²) in [5.41, 5.74) is 1.31. The number of hydrogen-bond donors (Lipinski definition) is 1. The molecule has 8 nitrogen and oxygen atoms in total. The molecule has 2 heterocycles. The number of nitrogens with one attached hydrogen (secondary N) is 1. The van der Waals surface area contributed by atoms with Gasteiger partial charge in [0, 0.05) is 18.2 Å². The van der Waals surface area contributed by atoms with Crippen LogP contribution < -0.4 is 14.8 Å². The predicted octanol–water partition coefficient (Wildman–Crippen LogP) is 2.87. The molecule has 2 aromatic heterocycles. The van der Waals surface area contributed by atoms with Crippen LogP contribution in [0.5, 0.6) is 11.5 Å². The van der Waals surface area contributed by atoms with Gasteiger partial charge in [0.05, 0.1) is 20.4 Å². The highest BCUT2D eigenvalue weighted by molar-refractivity contribution is 5.62. The maximum Gasteiger partial charge on any atom is 0.372 e. The van der Waals surface area contributed by atoms with Gasteiger partial charge in [-0.1, -0.05) is 6.07 Å². The van der Waals surface area contributed by atoms with Crippen LogP contribution in [0, 0.1) is 10.1 Å². The number of rotatable bonds is 6. The molecule has 1 N–H and O–H groups in total. The SMILES string of the molecule is COc1ccc(OC)c(CNc2nc3ccccn3c2[N+](=O)[O-])c1. The number of aromatic nitrogens is 2. The molecule has 0 spiro atoms. The molecule has 1 aromatic carbocycles. The molecule has 0 bridgehead atoms. The van der Waals surface area contributed by atoms with Crippen molar-refractivity contribution < 1.29 is 14.4 Å². The highest BCUT2D eigenvalue weighted by atomic mass is 16.6. The van der Waals surface area contributed by atoms with Gasteiger partial charge in [0.1, 0.15) is 11.5 Å². The highest BCUT2D eigenvalue weighted by Crippen LogP contribution is 2.28. The minimum atomic E-state index is -0.453. The zero-order valence-electron chi connectivity index (χ0n) is 13.2. The first-order valence-electron chi connectivity index (χ1n) is 7.20. The standard InChI is InChI=1S/C16H16N4O4/c1-23-12-6-7-13(24-2)11(9-12)10-17-15-16(20(21)22)19-8-4-3-5-14(19)18-15/h3-9,17H,10H2,1-2H3. The molecular weight excluding hydrogens is 312 g/mol. The van der Waals surface area contributed by atoms with Crippen molar-refractivity contribution in [3.63, 3.8) is 0 Å². The smallest absolute Gasteiger partial charge is 0.372 e. The van der Waals surface area contributed by atoms with Crippen LogP contribution in [0.1, 0.15) is 5.56 Å². The van der Waals surface area contributed by atoms with E-state index in [1.54, 1.807) is 50.7 Å². The molecule has 0 aliphatic carbocycles. The normalized spacial score (nSPS) is 10.6. The van der Waals surface area contributed by atoms with E-state index in [1.807, 2.05) is 6.07 Å². The molecular formula is C16H16N4O4. The Morgan fingerprint density at radius 1 is 1.25 bits per heavy atom. The predicted molar refractivity (Wildman–Crippen MR) is 88.7 cm³/mol. The molecule has 0 fully saturated rings. The fourth-order valence-electron chi connectivity index (χ4n) is 2.47. The zero-order valence-corrected chi connectivity index (χ0v) is 13.2. The quantitative estimate of drug-likeness (QED) is 0.552. The summed E-state index contributed by atoms with van der Waals surface area (Å²) in [6, 6.07) is 10.6. The molecule has 24 heavy (non-hydrogen) atoms. The van der Waals surface area contributed by atoms with Crippen molar-refractivity contribution in [3.05, 3.63) is 58.3 Å². The number of nitrogens with zero attached hydrogens (tertiary/aromatic N) is 3. The molecule has 0 aliphatic heterocycles. The van der Waals surface area contributed by atoms with Gasteiger partial charge in [0.2, 0.25) is 11.5 Å². The van der Waals surface area contributed by atoms with Gasteiger partial charge >= 0.3 is 5.82 Å². The van der Waals surface area contributed by atoms with Crippen LogP contribution in [0.25, 0.3) is 5.65 Å². The van der Waals surface area contributed by atoms with E-state index < -0.39 is 4.92 Å². The lowest BCUT2D eigenvalue weighted by Gasteiger charge is -2.11. The first kappa shape index (κ1) is 15.6. The summed E-state index contributed by atoms with van der Waals surface area (Å²) in [7, 11) is 3.14. The molecule has 0 amide bonds. The van der Waals surface area contributed by atoms with Gasteiger partial charge in [-0.05, 0) is 29.2 Å². The van der Waals surface area contributed by atoms with E-state index in [0.29, 0.717) is 23.7 Å². The van der Waals surface area contributed by atoms with Crippen molar-refractivity contribution in [3.8, 4) is 11.5 Å². The van der Waals surface area contributed by atoms with E-state index in [4.69, 9.17) is 9.47 Å². The Kier molecular flexibility index (Phi) is 4.19. The maximum atomic E-state index is 11.4. The molecule has 3 rings (SSSR count). The number of methoxy groups -OCH3 is 2. The van der Waals surface area contributed by atoms with Crippen LogP contribution >= 0.6 is 0 Å². The highest BCUT2D eigenvalue weighted by Gasteiger charge is 2.22. The molecule has 0 saturated carbocycles. The first-order chi connectivity index (χ1) is 11.6. The summed E-state index contributed by atoms with van der Waals surface area (Å²) in [4.78, 5) is 15.2. The zero-order chi connectivity index (χ0) is 17.1. The van der Waals surface area contributed by atoms with Crippen LogP contribution in [0.15, 0.2) is 42.6 Å². The van der Waals surface area contributed by atoms with Gasteiger partial charge in [0.15, 0.2) is 0 Å². The summed E-state index contributed by atoms with van der Waals surface area (Å²) in [5, 5.41) is 14.4. The van der Waals surface area contributed by atoms with E-state index in [0.717, 1.165) is 5.56 Å². The first-order valence-corrected chi connectivity index (χ1v) is 7.20. The van der Waals surface area contributed by atoms with Crippen molar-refractivity contribution in [2.75, 3.05) is 19.5 Å². The number of benzene rings is 1. The number of pyridine rings is 1. The minimum absolute atomic E-state index is 0.104. The van der Waals surface area contributed by atoms with Crippen molar-refractivity contribution in [2.45, 2.75) is 6.54 Å². The van der Waals surface area contributed by atoms with Crippen LogP contribution in [0.3, 0.4) is 0 Å². The lowest BCUT2D eigenvalue weighted by Crippen LogP contribution is -2.05. The molecule has 3 aromatic rings. The van der Waals surface area contributed by atoms with Gasteiger partial charge in [-0.3, -0.25) is 0 Å². The van der Waals surface area contributed by atoms with Crippen molar-refractivity contribution in [1.29, 1.82) is 0 Å². The Hall–Kier alpha value is -3.29. The monoisotopic (exact) mass is 328 g/mol. The summed E-state index contributed by atoms with van der Waals surface area (Å²) < 4.78 is 12.0. The lowest BCUT2D eigenvalue weighted by atomic mass is 10.2. The average molecular weight is 328 g/mol. The molecule has 124 valence electrons. The molecule has 0 aliphatic rings. The largest absolute Gasteiger partial charge is 0.497 e. The van der Waals surface area contributed by atoms with Gasteiger partial charge in [0.25, 0.3) is 0 Å². The third kappa shape index (κ3) is 2.81. The second-order valence-corrected chi connectivity index (χ2v) is 5.00. The number of anilines is 1. The number of ether oxygens (including phenoxy) is 2. The molecule has 0 unspecified atom stereocenters. The summed E-state index contributed by atoms with van der Waals surface area (Å²) in [6.07, 6.45) is 1.61. The van der Waals surface area contributed by atoms with E-state index in [2.05, 4.69) is 10.3 Å². The van der Waals surface area contributed by atoms with Crippen LogP contribution in [-0.2, 0) is 6.54 Å². The summed E-state index contributed by atoms with van der Waals surface area (Å²) >= 11 is 0. The number of hydrogen-bond acceptors (Lipinski definition) is 6.